The number of hydrogen-bond acceptors (Lipinski definition) is 4. The molecule has 0 bridgehead atoms. The summed E-state index contributed by atoms with van der Waals surface area (Å²) in [6.07, 6.45) is 5.65. The number of hydrogen-bond donors (Lipinski definition) is 2. The fourth-order valence-corrected chi connectivity index (χ4v) is 3.84. The number of nitrogens with two attached hydrogens (primary N) is 1. The topological polar surface area (TPSA) is 78.7 Å². The highest BCUT2D eigenvalue weighted by Crippen LogP contribution is 2.20. The van der Waals surface area contributed by atoms with Gasteiger partial charge in [-0.2, -0.15) is 0 Å². The zero-order valence-corrected chi connectivity index (χ0v) is 14.7. The van der Waals surface area contributed by atoms with Crippen molar-refractivity contribution < 1.29 is 9.59 Å². The highest BCUT2D eigenvalue weighted by Gasteiger charge is 2.27. The van der Waals surface area contributed by atoms with Gasteiger partial charge in [0.1, 0.15) is 0 Å². The molecule has 0 radical (unpaired) electrons. The van der Waals surface area contributed by atoms with Gasteiger partial charge in [-0.1, -0.05) is 0 Å². The van der Waals surface area contributed by atoms with Crippen molar-refractivity contribution in [2.24, 2.45) is 5.73 Å². The van der Waals surface area contributed by atoms with Gasteiger partial charge in [0.25, 0.3) is 0 Å². The number of amides is 2. The smallest absolute Gasteiger partial charge is 0.248 e. The van der Waals surface area contributed by atoms with E-state index < -0.39 is 5.91 Å². The van der Waals surface area contributed by atoms with E-state index >= 15 is 0 Å². The summed E-state index contributed by atoms with van der Waals surface area (Å²) in [5.41, 5.74) is 6.36. The first kappa shape index (κ1) is 17.9. The molecule has 1 atom stereocenters. The van der Waals surface area contributed by atoms with E-state index in [4.69, 9.17) is 5.73 Å². The molecule has 2 heterocycles. The van der Waals surface area contributed by atoms with Crippen LogP contribution in [0, 0.1) is 0 Å². The zero-order chi connectivity index (χ0) is 17.6. The maximum absolute atomic E-state index is 12.2. The molecule has 1 aromatic rings. The van der Waals surface area contributed by atoms with Gasteiger partial charge < -0.3 is 16.0 Å². The van der Waals surface area contributed by atoms with Crippen molar-refractivity contribution in [1.82, 2.24) is 9.80 Å². The Kier molecular flexibility index (Phi) is 6.04. The van der Waals surface area contributed by atoms with Crippen LogP contribution in [0.2, 0.25) is 0 Å². The molecule has 3 rings (SSSR count). The first-order valence-electron chi connectivity index (χ1n) is 9.28. The van der Waals surface area contributed by atoms with Crippen LogP contribution in [-0.2, 0) is 4.79 Å². The standard InChI is InChI=1S/C19H28N4O2/c20-19(25)15-5-7-16(8-6-15)21-18(24)9-13-22-10-3-4-17(14-22)23-11-1-2-12-23/h5-8,17H,1-4,9-14H2,(H2,20,25)(H,21,24)/t17-/m0/s1. The lowest BCUT2D eigenvalue weighted by atomic mass is 10.0. The number of nitrogens with one attached hydrogen (secondary N) is 1. The SMILES string of the molecule is NC(=O)c1ccc(NC(=O)CCN2CCC[C@H](N3CCCC3)C2)cc1. The fraction of sp³-hybridized carbons (Fsp3) is 0.579. The second-order valence-electron chi connectivity index (χ2n) is 7.08. The Bertz CT molecular complexity index is 596. The molecule has 0 aromatic heterocycles. The van der Waals surface area contributed by atoms with E-state index in [1.165, 1.54) is 38.8 Å². The molecule has 0 unspecified atom stereocenters. The van der Waals surface area contributed by atoms with Gasteiger partial charge >= 0.3 is 0 Å². The Morgan fingerprint density at radius 2 is 1.80 bits per heavy atom. The minimum Gasteiger partial charge on any atom is -0.366 e. The first-order valence-corrected chi connectivity index (χ1v) is 9.28. The van der Waals surface area contributed by atoms with Crippen LogP contribution in [0.15, 0.2) is 24.3 Å². The van der Waals surface area contributed by atoms with Crippen LogP contribution in [0.1, 0.15) is 42.5 Å². The lowest BCUT2D eigenvalue weighted by molar-refractivity contribution is -0.116. The van der Waals surface area contributed by atoms with Crippen molar-refractivity contribution in [2.45, 2.75) is 38.1 Å². The Morgan fingerprint density at radius 3 is 2.48 bits per heavy atom. The Balaban J connectivity index is 1.42. The van der Waals surface area contributed by atoms with Gasteiger partial charge in [0, 0.05) is 36.8 Å². The molecule has 2 aliphatic heterocycles. The van der Waals surface area contributed by atoms with Crippen LogP contribution in [0.4, 0.5) is 5.69 Å². The van der Waals surface area contributed by atoms with Crippen LogP contribution < -0.4 is 11.1 Å². The number of anilines is 1. The van der Waals surface area contributed by atoms with E-state index in [0.717, 1.165) is 19.6 Å². The Labute approximate surface area is 149 Å². The molecule has 0 spiro atoms. The second-order valence-corrected chi connectivity index (χ2v) is 7.08. The molecule has 2 amide bonds. The average Bonchev–Trinajstić information content (AvgIpc) is 3.15. The van der Waals surface area contributed by atoms with Crippen molar-refractivity contribution in [3.63, 3.8) is 0 Å². The number of carbonyl (C=O) groups excluding carboxylic acids is 2. The highest BCUT2D eigenvalue weighted by atomic mass is 16.2. The number of carbonyl (C=O) groups is 2. The molecule has 2 saturated heterocycles. The van der Waals surface area contributed by atoms with Gasteiger partial charge in [0.2, 0.25) is 11.8 Å². The molecule has 1 aromatic carbocycles. The van der Waals surface area contributed by atoms with Crippen LogP contribution in [0.3, 0.4) is 0 Å². The maximum Gasteiger partial charge on any atom is 0.248 e. The zero-order valence-electron chi connectivity index (χ0n) is 14.7. The summed E-state index contributed by atoms with van der Waals surface area (Å²) in [6, 6.07) is 7.34. The average molecular weight is 344 g/mol. The van der Waals surface area contributed by atoms with E-state index in [-0.39, 0.29) is 5.91 Å². The minimum atomic E-state index is -0.462. The van der Waals surface area contributed by atoms with Gasteiger partial charge in [0.15, 0.2) is 0 Å². The van der Waals surface area contributed by atoms with E-state index in [9.17, 15) is 9.59 Å². The van der Waals surface area contributed by atoms with Gasteiger partial charge in [-0.15, -0.1) is 0 Å². The quantitative estimate of drug-likeness (QED) is 0.823. The molecule has 6 heteroatoms. The van der Waals surface area contributed by atoms with Gasteiger partial charge in [-0.05, 0) is 69.6 Å². The van der Waals surface area contributed by atoms with Crippen molar-refractivity contribution in [1.29, 1.82) is 0 Å². The lowest BCUT2D eigenvalue weighted by Gasteiger charge is -2.37. The Hall–Kier alpha value is -1.92. The summed E-state index contributed by atoms with van der Waals surface area (Å²) in [6.45, 7) is 5.45. The summed E-state index contributed by atoms with van der Waals surface area (Å²) in [7, 11) is 0. The number of benzene rings is 1. The van der Waals surface area contributed by atoms with E-state index in [0.29, 0.717) is 23.7 Å². The summed E-state index contributed by atoms with van der Waals surface area (Å²) >= 11 is 0. The third-order valence-electron chi connectivity index (χ3n) is 5.25. The van der Waals surface area contributed by atoms with Gasteiger partial charge in [-0.25, -0.2) is 0 Å². The summed E-state index contributed by atoms with van der Waals surface area (Å²) in [5, 5.41) is 2.89. The van der Waals surface area contributed by atoms with Gasteiger partial charge in [-0.3, -0.25) is 14.5 Å². The number of nitrogens with zero attached hydrogens (tertiary/aromatic N) is 2. The fourth-order valence-electron chi connectivity index (χ4n) is 3.84. The number of primary amides is 1. The third kappa shape index (κ3) is 5.03. The maximum atomic E-state index is 12.2. The molecule has 136 valence electrons. The molecule has 2 fully saturated rings. The number of piperidine rings is 1. The lowest BCUT2D eigenvalue weighted by Crippen LogP contribution is -2.47. The molecular formula is C19H28N4O2. The molecular weight excluding hydrogens is 316 g/mol. The molecule has 3 N–H and O–H groups in total. The number of rotatable bonds is 6. The van der Waals surface area contributed by atoms with Crippen LogP contribution >= 0.6 is 0 Å². The minimum absolute atomic E-state index is 0.00937. The van der Waals surface area contributed by atoms with Crippen LogP contribution in [0.5, 0.6) is 0 Å². The van der Waals surface area contributed by atoms with E-state index in [2.05, 4.69) is 15.1 Å². The molecule has 0 saturated carbocycles. The van der Waals surface area contributed by atoms with Crippen LogP contribution in [0.25, 0.3) is 0 Å². The first-order chi connectivity index (χ1) is 12.1. The normalized spacial score (nSPS) is 22.0. The highest BCUT2D eigenvalue weighted by molar-refractivity contribution is 5.94. The molecule has 2 aliphatic rings. The largest absolute Gasteiger partial charge is 0.366 e. The molecule has 0 aliphatic carbocycles. The summed E-state index contributed by atoms with van der Waals surface area (Å²) in [5.74, 6) is -0.453. The van der Waals surface area contributed by atoms with Crippen molar-refractivity contribution >= 4 is 17.5 Å². The summed E-state index contributed by atoms with van der Waals surface area (Å²) < 4.78 is 0. The second kappa shape index (κ2) is 8.45. The molecule has 6 nitrogen and oxygen atoms in total. The predicted molar refractivity (Wildman–Crippen MR) is 98.5 cm³/mol. The predicted octanol–water partition coefficient (Wildman–Crippen LogP) is 1.67. The summed E-state index contributed by atoms with van der Waals surface area (Å²) in [4.78, 5) is 28.3. The third-order valence-corrected chi connectivity index (χ3v) is 5.25. The van der Waals surface area contributed by atoms with Crippen molar-refractivity contribution in [2.75, 3.05) is 38.0 Å². The van der Waals surface area contributed by atoms with Crippen LogP contribution in [-0.4, -0.2) is 60.4 Å². The van der Waals surface area contributed by atoms with Gasteiger partial charge in [0.05, 0.1) is 0 Å². The molecule has 25 heavy (non-hydrogen) atoms. The van der Waals surface area contributed by atoms with Crippen molar-refractivity contribution in [3.8, 4) is 0 Å². The monoisotopic (exact) mass is 344 g/mol. The van der Waals surface area contributed by atoms with E-state index in [1.807, 2.05) is 0 Å². The number of likely N-dealkylation sites (tertiary alicyclic amines) is 2. The van der Waals surface area contributed by atoms with Crippen molar-refractivity contribution in [3.05, 3.63) is 29.8 Å². The van der Waals surface area contributed by atoms with E-state index in [1.54, 1.807) is 24.3 Å². The Morgan fingerprint density at radius 1 is 1.08 bits per heavy atom.